The third-order valence-corrected chi connectivity index (χ3v) is 2.84. The van der Waals surface area contributed by atoms with Crippen LogP contribution in [-0.2, 0) is 11.3 Å². The van der Waals surface area contributed by atoms with Crippen LogP contribution in [-0.4, -0.2) is 24.0 Å². The van der Waals surface area contributed by atoms with Crippen LogP contribution in [0.15, 0.2) is 28.9 Å². The van der Waals surface area contributed by atoms with E-state index < -0.39 is 0 Å². The van der Waals surface area contributed by atoms with Crippen molar-refractivity contribution in [2.75, 3.05) is 13.9 Å². The molecule has 0 saturated heterocycles. The first-order valence-corrected chi connectivity index (χ1v) is 5.85. The zero-order valence-electron chi connectivity index (χ0n) is 9.31. The number of aliphatic hydroxyl groups excluding tert-OH is 1. The molecule has 90 valence electrons. The van der Waals surface area contributed by atoms with Crippen LogP contribution < -0.4 is 4.74 Å². The van der Waals surface area contributed by atoms with Gasteiger partial charge in [0.05, 0.1) is 12.1 Å². The van der Waals surface area contributed by atoms with Crippen LogP contribution in [0.1, 0.15) is 5.56 Å². The molecule has 2 aromatic rings. The lowest BCUT2D eigenvalue weighted by molar-refractivity contribution is 0.0506. The number of aliphatic hydroxyl groups is 1. The van der Waals surface area contributed by atoms with Crippen LogP contribution >= 0.6 is 15.9 Å². The van der Waals surface area contributed by atoms with E-state index in [0.29, 0.717) is 11.3 Å². The van der Waals surface area contributed by atoms with Crippen molar-refractivity contribution in [2.24, 2.45) is 0 Å². The standard InChI is InChI=1S/C12H12BrNO3/c1-16-7-17-12-8(6-15)5-14-11-3-2-9(13)4-10(11)12/h2-5,15H,6-7H2,1H3. The highest BCUT2D eigenvalue weighted by molar-refractivity contribution is 9.10. The number of pyridine rings is 1. The normalized spacial score (nSPS) is 10.8. The number of aromatic nitrogens is 1. The zero-order valence-corrected chi connectivity index (χ0v) is 10.9. The molecule has 17 heavy (non-hydrogen) atoms. The Morgan fingerprint density at radius 1 is 1.41 bits per heavy atom. The molecular weight excluding hydrogens is 286 g/mol. The van der Waals surface area contributed by atoms with Crippen molar-refractivity contribution in [3.8, 4) is 5.75 Å². The molecule has 5 heteroatoms. The van der Waals surface area contributed by atoms with Gasteiger partial charge in [-0.3, -0.25) is 4.98 Å². The summed E-state index contributed by atoms with van der Waals surface area (Å²) in [6.45, 7) is 0.0210. The highest BCUT2D eigenvalue weighted by Crippen LogP contribution is 2.30. The van der Waals surface area contributed by atoms with E-state index >= 15 is 0 Å². The largest absolute Gasteiger partial charge is 0.466 e. The first-order chi connectivity index (χ1) is 8.26. The van der Waals surface area contributed by atoms with E-state index in [1.807, 2.05) is 18.2 Å². The fraction of sp³-hybridized carbons (Fsp3) is 0.250. The maximum absolute atomic E-state index is 9.27. The van der Waals surface area contributed by atoms with E-state index in [1.54, 1.807) is 13.3 Å². The Bertz CT molecular complexity index is 530. The summed E-state index contributed by atoms with van der Waals surface area (Å²) in [5, 5.41) is 10.1. The lowest BCUT2D eigenvalue weighted by Gasteiger charge is -2.12. The van der Waals surface area contributed by atoms with E-state index in [-0.39, 0.29) is 13.4 Å². The molecule has 1 aromatic carbocycles. The van der Waals surface area contributed by atoms with Crippen molar-refractivity contribution >= 4 is 26.8 Å². The Labute approximate surface area is 107 Å². The molecule has 0 aliphatic rings. The average molecular weight is 298 g/mol. The SMILES string of the molecule is COCOc1c(CO)cnc2ccc(Br)cc12. The van der Waals surface area contributed by atoms with Gasteiger partial charge in [-0.2, -0.15) is 0 Å². The van der Waals surface area contributed by atoms with Crippen LogP contribution in [0.25, 0.3) is 10.9 Å². The minimum absolute atomic E-state index is 0.117. The molecule has 0 aliphatic heterocycles. The smallest absolute Gasteiger partial charge is 0.188 e. The van der Waals surface area contributed by atoms with Crippen LogP contribution in [0.4, 0.5) is 0 Å². The maximum Gasteiger partial charge on any atom is 0.188 e. The van der Waals surface area contributed by atoms with Crippen molar-refractivity contribution in [2.45, 2.75) is 6.61 Å². The first-order valence-electron chi connectivity index (χ1n) is 5.06. The van der Waals surface area contributed by atoms with Crippen LogP contribution in [0, 0.1) is 0 Å². The van der Waals surface area contributed by atoms with Gasteiger partial charge >= 0.3 is 0 Å². The minimum Gasteiger partial charge on any atom is -0.466 e. The number of rotatable bonds is 4. The number of hydrogen-bond donors (Lipinski definition) is 1. The molecule has 0 amide bonds. The summed E-state index contributed by atoms with van der Waals surface area (Å²) in [4.78, 5) is 4.26. The van der Waals surface area contributed by atoms with Gasteiger partial charge in [0.15, 0.2) is 6.79 Å². The van der Waals surface area contributed by atoms with Crippen molar-refractivity contribution in [1.82, 2.24) is 4.98 Å². The van der Waals surface area contributed by atoms with Crippen molar-refractivity contribution in [1.29, 1.82) is 0 Å². The third kappa shape index (κ3) is 2.57. The number of ether oxygens (including phenoxy) is 2. The van der Waals surface area contributed by atoms with Crippen LogP contribution in [0.5, 0.6) is 5.75 Å². The summed E-state index contributed by atoms with van der Waals surface area (Å²) in [6, 6.07) is 5.71. The number of nitrogens with zero attached hydrogens (tertiary/aromatic N) is 1. The summed E-state index contributed by atoms with van der Waals surface area (Å²) in [6.07, 6.45) is 1.61. The number of halogens is 1. The van der Waals surface area contributed by atoms with Gasteiger partial charge in [-0.25, -0.2) is 0 Å². The van der Waals surface area contributed by atoms with E-state index in [2.05, 4.69) is 20.9 Å². The van der Waals surface area contributed by atoms with Gasteiger partial charge in [-0.15, -0.1) is 0 Å². The van der Waals surface area contributed by atoms with E-state index in [9.17, 15) is 5.11 Å². The summed E-state index contributed by atoms with van der Waals surface area (Å²) in [7, 11) is 1.55. The summed E-state index contributed by atoms with van der Waals surface area (Å²) >= 11 is 3.40. The lowest BCUT2D eigenvalue weighted by Crippen LogP contribution is -2.03. The molecule has 0 atom stereocenters. The van der Waals surface area contributed by atoms with Gasteiger partial charge in [0, 0.05) is 28.7 Å². The molecule has 0 spiro atoms. The second kappa shape index (κ2) is 5.44. The number of hydrogen-bond acceptors (Lipinski definition) is 4. The second-order valence-corrected chi connectivity index (χ2v) is 4.40. The highest BCUT2D eigenvalue weighted by atomic mass is 79.9. The number of fused-ring (bicyclic) bond motifs is 1. The average Bonchev–Trinajstić information content (AvgIpc) is 2.35. The Balaban J connectivity index is 2.59. The lowest BCUT2D eigenvalue weighted by atomic mass is 10.1. The van der Waals surface area contributed by atoms with Crippen LogP contribution in [0.3, 0.4) is 0 Å². The van der Waals surface area contributed by atoms with E-state index in [0.717, 1.165) is 15.4 Å². The second-order valence-electron chi connectivity index (χ2n) is 3.48. The predicted octanol–water partition coefficient (Wildman–Crippen LogP) is 2.47. The van der Waals surface area contributed by atoms with Crippen molar-refractivity contribution < 1.29 is 14.6 Å². The van der Waals surface area contributed by atoms with Gasteiger partial charge in [0.25, 0.3) is 0 Å². The quantitative estimate of drug-likeness (QED) is 0.881. The van der Waals surface area contributed by atoms with Gasteiger partial charge in [-0.05, 0) is 18.2 Å². The molecule has 0 radical (unpaired) electrons. The summed E-state index contributed by atoms with van der Waals surface area (Å²) < 4.78 is 11.3. The Morgan fingerprint density at radius 3 is 2.94 bits per heavy atom. The highest BCUT2D eigenvalue weighted by Gasteiger charge is 2.10. The van der Waals surface area contributed by atoms with E-state index in [1.165, 1.54) is 0 Å². The number of methoxy groups -OCH3 is 1. The van der Waals surface area contributed by atoms with Crippen LogP contribution in [0.2, 0.25) is 0 Å². The molecule has 1 N–H and O–H groups in total. The Morgan fingerprint density at radius 2 is 2.24 bits per heavy atom. The maximum atomic E-state index is 9.27. The summed E-state index contributed by atoms with van der Waals surface area (Å²) in [5.74, 6) is 0.612. The van der Waals surface area contributed by atoms with E-state index in [4.69, 9.17) is 9.47 Å². The van der Waals surface area contributed by atoms with Crippen molar-refractivity contribution in [3.05, 3.63) is 34.4 Å². The molecule has 0 bridgehead atoms. The van der Waals surface area contributed by atoms with Gasteiger partial charge in [-0.1, -0.05) is 15.9 Å². The zero-order chi connectivity index (χ0) is 12.3. The molecule has 0 fully saturated rings. The van der Waals surface area contributed by atoms with Gasteiger partial charge in [0.2, 0.25) is 0 Å². The minimum atomic E-state index is -0.117. The molecule has 2 rings (SSSR count). The van der Waals surface area contributed by atoms with Crippen molar-refractivity contribution in [3.63, 3.8) is 0 Å². The fourth-order valence-corrected chi connectivity index (χ4v) is 1.94. The summed E-state index contributed by atoms with van der Waals surface area (Å²) in [5.41, 5.74) is 1.46. The monoisotopic (exact) mass is 297 g/mol. The molecular formula is C12H12BrNO3. The molecule has 0 unspecified atom stereocenters. The molecule has 1 aromatic heterocycles. The molecule has 1 heterocycles. The molecule has 4 nitrogen and oxygen atoms in total. The molecule has 0 aliphatic carbocycles. The molecule has 0 saturated carbocycles. The fourth-order valence-electron chi connectivity index (χ4n) is 1.58. The third-order valence-electron chi connectivity index (χ3n) is 2.35. The van der Waals surface area contributed by atoms with Gasteiger partial charge in [0.1, 0.15) is 5.75 Å². The topological polar surface area (TPSA) is 51.6 Å². The Hall–Kier alpha value is -1.17. The predicted molar refractivity (Wildman–Crippen MR) is 67.9 cm³/mol. The van der Waals surface area contributed by atoms with Gasteiger partial charge < -0.3 is 14.6 Å². The Kier molecular flexibility index (Phi) is 3.93. The first kappa shape index (κ1) is 12.3. The number of benzene rings is 1.